The van der Waals surface area contributed by atoms with Crippen LogP contribution in [0.15, 0.2) is 42.5 Å². The number of fused-ring (bicyclic) bond motifs is 2. The molecule has 0 fully saturated rings. The Balaban J connectivity index is 1.59. The summed E-state index contributed by atoms with van der Waals surface area (Å²) in [5.74, 6) is 0.480. The molecule has 0 amide bonds. The summed E-state index contributed by atoms with van der Waals surface area (Å²) in [7, 11) is 0. The van der Waals surface area contributed by atoms with Crippen molar-refractivity contribution in [2.75, 3.05) is 13.1 Å². The smallest absolute Gasteiger partial charge is 0.119 e. The SMILES string of the molecule is Oc1cccc2c1CCC2N1CCc2ccccc2CC1. The number of hydrogen-bond acceptors (Lipinski definition) is 2. The topological polar surface area (TPSA) is 23.5 Å². The second-order valence-corrected chi connectivity index (χ2v) is 6.20. The van der Waals surface area contributed by atoms with Crippen LogP contribution in [0.5, 0.6) is 5.75 Å². The van der Waals surface area contributed by atoms with Crippen molar-refractivity contribution in [2.45, 2.75) is 31.7 Å². The standard InChI is InChI=1S/C19H21NO/c21-19-7-3-6-16-17(19)8-9-18(16)20-12-10-14-4-1-2-5-15(14)11-13-20/h1-7,18,21H,8-13H2. The summed E-state index contributed by atoms with van der Waals surface area (Å²) in [5.41, 5.74) is 5.54. The van der Waals surface area contributed by atoms with E-state index in [1.165, 1.54) is 22.3 Å². The minimum Gasteiger partial charge on any atom is -0.508 e. The average molecular weight is 279 g/mol. The van der Waals surface area contributed by atoms with Crippen LogP contribution in [0.2, 0.25) is 0 Å². The van der Waals surface area contributed by atoms with Gasteiger partial charge in [0.2, 0.25) is 0 Å². The Morgan fingerprint density at radius 1 is 0.857 bits per heavy atom. The molecule has 1 aliphatic carbocycles. The fourth-order valence-corrected chi connectivity index (χ4v) is 3.99. The van der Waals surface area contributed by atoms with Crippen molar-refractivity contribution in [3.8, 4) is 5.75 Å². The first-order chi connectivity index (χ1) is 10.3. The molecular weight excluding hydrogens is 258 g/mol. The van der Waals surface area contributed by atoms with Crippen LogP contribution in [0.1, 0.15) is 34.7 Å². The second kappa shape index (κ2) is 5.19. The van der Waals surface area contributed by atoms with Crippen molar-refractivity contribution in [1.29, 1.82) is 0 Å². The van der Waals surface area contributed by atoms with Gasteiger partial charge in [0.25, 0.3) is 0 Å². The number of benzene rings is 2. The fraction of sp³-hybridized carbons (Fsp3) is 0.368. The van der Waals surface area contributed by atoms with Crippen molar-refractivity contribution < 1.29 is 5.11 Å². The molecule has 0 saturated carbocycles. The van der Waals surface area contributed by atoms with Crippen molar-refractivity contribution in [3.05, 3.63) is 64.7 Å². The third kappa shape index (κ3) is 2.24. The third-order valence-electron chi connectivity index (χ3n) is 5.11. The number of nitrogens with zero attached hydrogens (tertiary/aromatic N) is 1. The summed E-state index contributed by atoms with van der Waals surface area (Å²) in [5, 5.41) is 10.0. The van der Waals surface area contributed by atoms with E-state index in [-0.39, 0.29) is 0 Å². The van der Waals surface area contributed by atoms with E-state index in [0.29, 0.717) is 11.8 Å². The zero-order chi connectivity index (χ0) is 14.2. The highest BCUT2D eigenvalue weighted by Crippen LogP contribution is 2.40. The molecule has 0 aromatic heterocycles. The summed E-state index contributed by atoms with van der Waals surface area (Å²) in [6.07, 6.45) is 4.43. The van der Waals surface area contributed by atoms with E-state index in [1.54, 1.807) is 0 Å². The second-order valence-electron chi connectivity index (χ2n) is 6.20. The van der Waals surface area contributed by atoms with Gasteiger partial charge in [-0.2, -0.15) is 0 Å². The Bertz CT molecular complexity index is 637. The normalized spacial score (nSPS) is 21.6. The average Bonchev–Trinajstić information content (AvgIpc) is 2.83. The summed E-state index contributed by atoms with van der Waals surface area (Å²) >= 11 is 0. The Labute approximate surface area is 126 Å². The minimum atomic E-state index is 0.480. The van der Waals surface area contributed by atoms with Gasteiger partial charge in [0.05, 0.1) is 0 Å². The van der Waals surface area contributed by atoms with Gasteiger partial charge in [-0.15, -0.1) is 0 Å². The third-order valence-corrected chi connectivity index (χ3v) is 5.11. The van der Waals surface area contributed by atoms with E-state index in [4.69, 9.17) is 0 Å². The number of rotatable bonds is 1. The van der Waals surface area contributed by atoms with Crippen molar-refractivity contribution in [1.82, 2.24) is 4.90 Å². The lowest BCUT2D eigenvalue weighted by atomic mass is 10.0. The van der Waals surface area contributed by atoms with Crippen LogP contribution in [0, 0.1) is 0 Å². The zero-order valence-electron chi connectivity index (χ0n) is 12.3. The molecule has 0 saturated heterocycles. The molecule has 1 aliphatic heterocycles. The van der Waals surface area contributed by atoms with E-state index >= 15 is 0 Å². The van der Waals surface area contributed by atoms with Crippen LogP contribution in [0.3, 0.4) is 0 Å². The van der Waals surface area contributed by atoms with E-state index in [1.807, 2.05) is 12.1 Å². The van der Waals surface area contributed by atoms with Crippen molar-refractivity contribution >= 4 is 0 Å². The van der Waals surface area contributed by atoms with Crippen LogP contribution in [-0.2, 0) is 19.3 Å². The van der Waals surface area contributed by atoms with Gasteiger partial charge in [-0.1, -0.05) is 36.4 Å². The Morgan fingerprint density at radius 2 is 1.57 bits per heavy atom. The summed E-state index contributed by atoms with van der Waals surface area (Å²) < 4.78 is 0. The van der Waals surface area contributed by atoms with Gasteiger partial charge in [-0.3, -0.25) is 4.90 Å². The lowest BCUT2D eigenvalue weighted by Gasteiger charge is -2.28. The van der Waals surface area contributed by atoms with E-state index in [2.05, 4.69) is 35.2 Å². The molecule has 2 heteroatoms. The molecule has 2 aromatic rings. The van der Waals surface area contributed by atoms with Gasteiger partial charge >= 0.3 is 0 Å². The maximum absolute atomic E-state index is 10.0. The molecule has 2 aromatic carbocycles. The summed E-state index contributed by atoms with van der Waals surface area (Å²) in [4.78, 5) is 2.62. The van der Waals surface area contributed by atoms with Gasteiger partial charge in [0, 0.05) is 19.1 Å². The molecule has 2 aliphatic rings. The Hall–Kier alpha value is -1.80. The highest BCUT2D eigenvalue weighted by Gasteiger charge is 2.30. The molecule has 0 bridgehead atoms. The molecule has 4 rings (SSSR count). The van der Waals surface area contributed by atoms with Crippen LogP contribution < -0.4 is 0 Å². The first kappa shape index (κ1) is 12.9. The summed E-state index contributed by atoms with van der Waals surface area (Å²) in [6, 6.07) is 15.3. The highest BCUT2D eigenvalue weighted by molar-refractivity contribution is 5.44. The fourth-order valence-electron chi connectivity index (χ4n) is 3.99. The molecule has 108 valence electrons. The van der Waals surface area contributed by atoms with Gasteiger partial charge in [0.15, 0.2) is 0 Å². The van der Waals surface area contributed by atoms with E-state index in [9.17, 15) is 5.11 Å². The van der Waals surface area contributed by atoms with Gasteiger partial charge < -0.3 is 5.11 Å². The molecule has 1 N–H and O–H groups in total. The molecule has 0 radical (unpaired) electrons. The number of phenols is 1. The first-order valence-corrected chi connectivity index (χ1v) is 7.94. The van der Waals surface area contributed by atoms with Gasteiger partial charge in [-0.25, -0.2) is 0 Å². The number of hydrogen-bond donors (Lipinski definition) is 1. The predicted octanol–water partition coefficient (Wildman–Crippen LogP) is 3.48. The predicted molar refractivity (Wildman–Crippen MR) is 84.6 cm³/mol. The van der Waals surface area contributed by atoms with E-state index < -0.39 is 0 Å². The van der Waals surface area contributed by atoms with E-state index in [0.717, 1.165) is 38.8 Å². The Kier molecular flexibility index (Phi) is 3.19. The maximum Gasteiger partial charge on any atom is 0.119 e. The molecule has 0 spiro atoms. The minimum absolute atomic E-state index is 0.480. The molecule has 1 heterocycles. The van der Waals surface area contributed by atoms with Gasteiger partial charge in [0.1, 0.15) is 5.75 Å². The van der Waals surface area contributed by atoms with Crippen LogP contribution in [0.4, 0.5) is 0 Å². The highest BCUT2D eigenvalue weighted by atomic mass is 16.3. The largest absolute Gasteiger partial charge is 0.508 e. The van der Waals surface area contributed by atoms with Crippen molar-refractivity contribution in [2.24, 2.45) is 0 Å². The number of aromatic hydroxyl groups is 1. The zero-order valence-corrected chi connectivity index (χ0v) is 12.3. The lowest BCUT2D eigenvalue weighted by Crippen LogP contribution is -2.30. The first-order valence-electron chi connectivity index (χ1n) is 7.94. The maximum atomic E-state index is 10.0. The molecule has 2 nitrogen and oxygen atoms in total. The van der Waals surface area contributed by atoms with Crippen LogP contribution >= 0.6 is 0 Å². The number of phenolic OH excluding ortho intramolecular Hbond substituents is 1. The quantitative estimate of drug-likeness (QED) is 0.864. The summed E-state index contributed by atoms with van der Waals surface area (Å²) in [6.45, 7) is 2.24. The van der Waals surface area contributed by atoms with Crippen LogP contribution in [-0.4, -0.2) is 23.1 Å². The molecular formula is C19H21NO. The van der Waals surface area contributed by atoms with Crippen molar-refractivity contribution in [3.63, 3.8) is 0 Å². The Morgan fingerprint density at radius 3 is 2.29 bits per heavy atom. The lowest BCUT2D eigenvalue weighted by molar-refractivity contribution is 0.206. The van der Waals surface area contributed by atoms with Gasteiger partial charge in [-0.05, 0) is 54.0 Å². The molecule has 1 unspecified atom stereocenters. The van der Waals surface area contributed by atoms with Crippen LogP contribution in [0.25, 0.3) is 0 Å². The molecule has 21 heavy (non-hydrogen) atoms. The monoisotopic (exact) mass is 279 g/mol. The molecule has 1 atom stereocenters.